The van der Waals surface area contributed by atoms with Crippen molar-refractivity contribution in [1.82, 2.24) is 0 Å². The molecule has 4 nitrogen and oxygen atoms in total. The molecule has 0 bridgehead atoms. The molecule has 76 valence electrons. The van der Waals surface area contributed by atoms with Gasteiger partial charge < -0.3 is 8.92 Å². The molecule has 1 aromatic carbocycles. The number of hydrogen-bond donors (Lipinski definition) is 0. The second-order valence-corrected chi connectivity index (χ2v) is 4.73. The molecule has 1 aliphatic rings. The van der Waals surface area contributed by atoms with E-state index in [1.54, 1.807) is 6.07 Å². The number of fused-ring (bicyclic) bond motifs is 1. The second-order valence-electron chi connectivity index (χ2n) is 3.04. The number of para-hydroxylation sites is 1. The number of rotatable bonds is 1. The van der Waals surface area contributed by atoms with Gasteiger partial charge in [0.1, 0.15) is 0 Å². The Morgan fingerprint density at radius 2 is 2.21 bits per heavy atom. The van der Waals surface area contributed by atoms with Gasteiger partial charge in [-0.15, -0.1) is 0 Å². The third kappa shape index (κ3) is 1.55. The summed E-state index contributed by atoms with van der Waals surface area (Å²) in [6, 6.07) is 5.34. The quantitative estimate of drug-likeness (QED) is 0.653. The van der Waals surface area contributed by atoms with Crippen LogP contribution in [0, 0.1) is 0 Å². The Labute approximate surface area is 82.6 Å². The van der Waals surface area contributed by atoms with Crippen LogP contribution in [0.3, 0.4) is 0 Å². The van der Waals surface area contributed by atoms with Gasteiger partial charge in [-0.05, 0) is 12.5 Å². The van der Waals surface area contributed by atoms with Gasteiger partial charge in [0.25, 0.3) is 0 Å². The highest BCUT2D eigenvalue weighted by molar-refractivity contribution is 7.87. The van der Waals surface area contributed by atoms with E-state index in [-0.39, 0.29) is 5.75 Å². The Morgan fingerprint density at radius 3 is 2.93 bits per heavy atom. The average Bonchev–Trinajstić information content (AvgIpc) is 2.15. The lowest BCUT2D eigenvalue weighted by molar-refractivity contribution is 0.386. The highest BCUT2D eigenvalue weighted by Crippen LogP contribution is 2.35. The van der Waals surface area contributed by atoms with Crippen molar-refractivity contribution in [3.8, 4) is 11.5 Å². The SMILES string of the molecule is COc1cccc2c1OS(=O)(=O)CC2. The van der Waals surface area contributed by atoms with Crippen molar-refractivity contribution < 1.29 is 17.3 Å². The molecule has 0 saturated carbocycles. The Balaban J connectivity index is 2.53. The van der Waals surface area contributed by atoms with Crippen LogP contribution in [-0.4, -0.2) is 21.3 Å². The third-order valence-electron chi connectivity index (χ3n) is 2.11. The smallest absolute Gasteiger partial charge is 0.309 e. The summed E-state index contributed by atoms with van der Waals surface area (Å²) in [5.41, 5.74) is 0.874. The molecular weight excluding hydrogens is 204 g/mol. The van der Waals surface area contributed by atoms with Gasteiger partial charge in [-0.25, -0.2) is 0 Å². The lowest BCUT2D eigenvalue weighted by Crippen LogP contribution is -2.21. The zero-order valence-corrected chi connectivity index (χ0v) is 8.50. The molecule has 0 aliphatic carbocycles. The van der Waals surface area contributed by atoms with Gasteiger partial charge >= 0.3 is 10.1 Å². The van der Waals surface area contributed by atoms with E-state index in [4.69, 9.17) is 8.92 Å². The normalized spacial score (nSPS) is 18.1. The van der Waals surface area contributed by atoms with Crippen LogP contribution >= 0.6 is 0 Å². The van der Waals surface area contributed by atoms with Gasteiger partial charge in [0.15, 0.2) is 11.5 Å². The summed E-state index contributed by atoms with van der Waals surface area (Å²) in [6.45, 7) is 0. The van der Waals surface area contributed by atoms with Crippen LogP contribution in [0.25, 0.3) is 0 Å². The first-order valence-corrected chi connectivity index (χ1v) is 5.78. The van der Waals surface area contributed by atoms with Crippen molar-refractivity contribution in [2.24, 2.45) is 0 Å². The first-order chi connectivity index (χ1) is 6.62. The maximum Gasteiger partial charge on any atom is 0.309 e. The molecule has 0 spiro atoms. The van der Waals surface area contributed by atoms with E-state index in [9.17, 15) is 8.42 Å². The van der Waals surface area contributed by atoms with Crippen LogP contribution < -0.4 is 8.92 Å². The minimum Gasteiger partial charge on any atom is -0.493 e. The number of benzene rings is 1. The molecule has 0 radical (unpaired) electrons. The van der Waals surface area contributed by atoms with Gasteiger partial charge in [0.2, 0.25) is 0 Å². The largest absolute Gasteiger partial charge is 0.493 e. The monoisotopic (exact) mass is 214 g/mol. The first kappa shape index (κ1) is 9.33. The average molecular weight is 214 g/mol. The highest BCUT2D eigenvalue weighted by atomic mass is 32.2. The zero-order valence-electron chi connectivity index (χ0n) is 7.69. The molecule has 0 atom stereocenters. The summed E-state index contributed by atoms with van der Waals surface area (Å²) in [5.74, 6) is 0.833. The number of ether oxygens (including phenoxy) is 1. The molecule has 0 unspecified atom stereocenters. The van der Waals surface area contributed by atoms with E-state index in [0.29, 0.717) is 17.9 Å². The zero-order chi connectivity index (χ0) is 10.2. The molecule has 0 amide bonds. The van der Waals surface area contributed by atoms with Crippen molar-refractivity contribution in [3.63, 3.8) is 0 Å². The minimum absolute atomic E-state index is 0.0349. The fourth-order valence-corrected chi connectivity index (χ4v) is 2.41. The molecule has 0 saturated heterocycles. The van der Waals surface area contributed by atoms with Crippen LogP contribution in [0.1, 0.15) is 5.56 Å². The molecule has 0 aromatic heterocycles. The second kappa shape index (κ2) is 3.16. The standard InChI is InChI=1S/C9H10O4S/c1-12-8-4-2-3-7-5-6-14(10,11)13-9(7)8/h2-4H,5-6H2,1H3. The minimum atomic E-state index is -3.41. The summed E-state index contributed by atoms with van der Waals surface area (Å²) in [4.78, 5) is 0. The predicted molar refractivity (Wildman–Crippen MR) is 51.1 cm³/mol. The first-order valence-electron chi connectivity index (χ1n) is 4.20. The number of hydrogen-bond acceptors (Lipinski definition) is 4. The summed E-state index contributed by atoms with van der Waals surface area (Å²) in [5, 5.41) is 0. The van der Waals surface area contributed by atoms with E-state index in [1.807, 2.05) is 12.1 Å². The van der Waals surface area contributed by atoms with Crippen molar-refractivity contribution in [2.75, 3.05) is 12.9 Å². The van der Waals surface area contributed by atoms with Crippen molar-refractivity contribution >= 4 is 10.1 Å². The molecule has 5 heteroatoms. The van der Waals surface area contributed by atoms with Crippen LogP contribution in [-0.2, 0) is 16.5 Å². The summed E-state index contributed by atoms with van der Waals surface area (Å²) < 4.78 is 32.3. The summed E-state index contributed by atoms with van der Waals surface area (Å²) >= 11 is 0. The Morgan fingerprint density at radius 1 is 1.43 bits per heavy atom. The molecule has 1 aromatic rings. The van der Waals surface area contributed by atoms with E-state index >= 15 is 0 Å². The van der Waals surface area contributed by atoms with Gasteiger partial charge in [-0.2, -0.15) is 8.42 Å². The maximum atomic E-state index is 11.2. The van der Waals surface area contributed by atoms with Crippen LogP contribution in [0.4, 0.5) is 0 Å². The molecule has 1 aliphatic heterocycles. The summed E-state index contributed by atoms with van der Waals surface area (Å²) in [7, 11) is -1.92. The van der Waals surface area contributed by atoms with E-state index in [0.717, 1.165) is 5.56 Å². The predicted octanol–water partition coefficient (Wildman–Crippen LogP) is 0.960. The fourth-order valence-electron chi connectivity index (χ4n) is 1.42. The maximum absolute atomic E-state index is 11.2. The van der Waals surface area contributed by atoms with Gasteiger partial charge in [-0.1, -0.05) is 12.1 Å². The van der Waals surface area contributed by atoms with Gasteiger partial charge in [-0.3, -0.25) is 0 Å². The lowest BCUT2D eigenvalue weighted by atomic mass is 10.1. The highest BCUT2D eigenvalue weighted by Gasteiger charge is 2.25. The van der Waals surface area contributed by atoms with Gasteiger partial charge in [0, 0.05) is 5.56 Å². The van der Waals surface area contributed by atoms with Crippen molar-refractivity contribution in [3.05, 3.63) is 23.8 Å². The van der Waals surface area contributed by atoms with E-state index in [1.165, 1.54) is 7.11 Å². The van der Waals surface area contributed by atoms with E-state index < -0.39 is 10.1 Å². The van der Waals surface area contributed by atoms with E-state index in [2.05, 4.69) is 0 Å². The molecule has 2 rings (SSSR count). The Bertz CT molecular complexity index is 436. The van der Waals surface area contributed by atoms with Crippen molar-refractivity contribution in [1.29, 1.82) is 0 Å². The fraction of sp³-hybridized carbons (Fsp3) is 0.333. The number of aryl methyl sites for hydroxylation is 1. The van der Waals surface area contributed by atoms with Crippen LogP contribution in [0.2, 0.25) is 0 Å². The van der Waals surface area contributed by atoms with Crippen molar-refractivity contribution in [2.45, 2.75) is 6.42 Å². The summed E-state index contributed by atoms with van der Waals surface area (Å²) in [6.07, 6.45) is 0.481. The Hall–Kier alpha value is -1.23. The lowest BCUT2D eigenvalue weighted by Gasteiger charge is -2.18. The third-order valence-corrected chi connectivity index (χ3v) is 3.24. The van der Waals surface area contributed by atoms with Crippen LogP contribution in [0.15, 0.2) is 18.2 Å². The van der Waals surface area contributed by atoms with Gasteiger partial charge in [0.05, 0.1) is 12.9 Å². The molecular formula is C9H10O4S. The molecule has 0 fully saturated rings. The van der Waals surface area contributed by atoms with Crippen LogP contribution in [0.5, 0.6) is 11.5 Å². The molecule has 1 heterocycles. The molecule has 14 heavy (non-hydrogen) atoms. The molecule has 0 N–H and O–H groups in total. The topological polar surface area (TPSA) is 52.6 Å². The Kier molecular flexibility index (Phi) is 2.11. The number of methoxy groups -OCH3 is 1.